The Morgan fingerprint density at radius 2 is 2.07 bits per heavy atom. The van der Waals surface area contributed by atoms with Crippen LogP contribution in [0.1, 0.15) is 52.4 Å². The van der Waals surface area contributed by atoms with E-state index in [0.717, 1.165) is 25.7 Å². The first-order valence-electron chi connectivity index (χ1n) is 6.03. The normalized spacial score (nSPS) is 12.1. The van der Waals surface area contributed by atoms with Crippen molar-refractivity contribution in [1.82, 2.24) is 0 Å². The molecular formula is C13H24O2. The van der Waals surface area contributed by atoms with Crippen molar-refractivity contribution in [3.05, 3.63) is 12.7 Å². The van der Waals surface area contributed by atoms with E-state index in [9.17, 15) is 4.79 Å². The van der Waals surface area contributed by atoms with E-state index in [1.807, 2.05) is 13.0 Å². The second-order valence-electron chi connectivity index (χ2n) is 3.81. The van der Waals surface area contributed by atoms with Crippen molar-refractivity contribution in [2.45, 2.75) is 52.4 Å². The number of rotatable bonds is 9. The molecule has 0 spiro atoms. The van der Waals surface area contributed by atoms with Gasteiger partial charge in [0.25, 0.3) is 0 Å². The number of unbranched alkanes of at least 4 members (excludes halogenated alkanes) is 2. The quantitative estimate of drug-likeness (QED) is 0.331. The van der Waals surface area contributed by atoms with Crippen molar-refractivity contribution in [1.29, 1.82) is 0 Å². The maximum Gasteiger partial charge on any atom is 0.308 e. The topological polar surface area (TPSA) is 26.3 Å². The molecule has 0 saturated heterocycles. The van der Waals surface area contributed by atoms with E-state index in [4.69, 9.17) is 4.74 Å². The van der Waals surface area contributed by atoms with Crippen LogP contribution in [0.4, 0.5) is 0 Å². The number of hydrogen-bond donors (Lipinski definition) is 0. The molecule has 1 unspecified atom stereocenters. The van der Waals surface area contributed by atoms with Crippen LogP contribution in [0.5, 0.6) is 0 Å². The molecule has 1 atom stereocenters. The van der Waals surface area contributed by atoms with Gasteiger partial charge in [0.05, 0.1) is 12.5 Å². The van der Waals surface area contributed by atoms with Crippen molar-refractivity contribution in [2.24, 2.45) is 5.92 Å². The van der Waals surface area contributed by atoms with Gasteiger partial charge in [-0.3, -0.25) is 4.79 Å². The lowest BCUT2D eigenvalue weighted by atomic mass is 9.96. The van der Waals surface area contributed by atoms with Crippen molar-refractivity contribution in [3.8, 4) is 0 Å². The molecule has 88 valence electrons. The molecular weight excluding hydrogens is 188 g/mol. The molecule has 0 aliphatic rings. The molecule has 0 rings (SSSR count). The highest BCUT2D eigenvalue weighted by molar-refractivity contribution is 5.72. The van der Waals surface area contributed by atoms with Gasteiger partial charge < -0.3 is 4.74 Å². The van der Waals surface area contributed by atoms with Gasteiger partial charge >= 0.3 is 5.97 Å². The highest BCUT2D eigenvalue weighted by Gasteiger charge is 2.17. The summed E-state index contributed by atoms with van der Waals surface area (Å²) in [7, 11) is 0. The fraction of sp³-hybridized carbons (Fsp3) is 0.769. The first-order chi connectivity index (χ1) is 7.26. The molecule has 0 bridgehead atoms. The number of hydrogen-bond acceptors (Lipinski definition) is 2. The molecule has 0 fully saturated rings. The number of carbonyl (C=O) groups is 1. The molecule has 15 heavy (non-hydrogen) atoms. The summed E-state index contributed by atoms with van der Waals surface area (Å²) in [6, 6.07) is 0. The third-order valence-corrected chi connectivity index (χ3v) is 2.50. The largest absolute Gasteiger partial charge is 0.466 e. The lowest BCUT2D eigenvalue weighted by Crippen LogP contribution is -2.17. The second kappa shape index (κ2) is 9.75. The Bertz CT molecular complexity index is 175. The van der Waals surface area contributed by atoms with Gasteiger partial charge in [-0.25, -0.2) is 0 Å². The van der Waals surface area contributed by atoms with E-state index in [1.165, 1.54) is 12.8 Å². The molecule has 0 aromatic heterocycles. The summed E-state index contributed by atoms with van der Waals surface area (Å²) in [4.78, 5) is 11.6. The summed E-state index contributed by atoms with van der Waals surface area (Å²) in [5.74, 6) is 0.0463. The minimum Gasteiger partial charge on any atom is -0.466 e. The highest BCUT2D eigenvalue weighted by atomic mass is 16.5. The van der Waals surface area contributed by atoms with Gasteiger partial charge in [-0.2, -0.15) is 0 Å². The Labute approximate surface area is 93.7 Å². The van der Waals surface area contributed by atoms with Crippen LogP contribution < -0.4 is 0 Å². The second-order valence-corrected chi connectivity index (χ2v) is 3.81. The number of esters is 1. The smallest absolute Gasteiger partial charge is 0.308 e. The molecule has 0 heterocycles. The molecule has 2 heteroatoms. The van der Waals surface area contributed by atoms with Gasteiger partial charge in [0.2, 0.25) is 0 Å². The number of carbonyl (C=O) groups excluding carboxylic acids is 1. The summed E-state index contributed by atoms with van der Waals surface area (Å²) in [5, 5.41) is 0. The summed E-state index contributed by atoms with van der Waals surface area (Å²) in [5.41, 5.74) is 0. The molecule has 0 aliphatic heterocycles. The molecule has 0 N–H and O–H groups in total. The van der Waals surface area contributed by atoms with Crippen LogP contribution in [0.3, 0.4) is 0 Å². The lowest BCUT2D eigenvalue weighted by molar-refractivity contribution is -0.148. The monoisotopic (exact) mass is 212 g/mol. The average molecular weight is 212 g/mol. The minimum atomic E-state index is -0.0320. The summed E-state index contributed by atoms with van der Waals surface area (Å²) < 4.78 is 5.06. The van der Waals surface area contributed by atoms with E-state index in [0.29, 0.717) is 6.61 Å². The van der Waals surface area contributed by atoms with Gasteiger partial charge in [0, 0.05) is 0 Å². The number of ether oxygens (including phenoxy) is 1. The minimum absolute atomic E-state index is 0.0320. The Morgan fingerprint density at radius 1 is 1.33 bits per heavy atom. The van der Waals surface area contributed by atoms with Gasteiger partial charge in [-0.15, -0.1) is 6.58 Å². The zero-order valence-corrected chi connectivity index (χ0v) is 10.1. The van der Waals surface area contributed by atoms with Crippen LogP contribution in [0.25, 0.3) is 0 Å². The van der Waals surface area contributed by atoms with E-state index < -0.39 is 0 Å². The van der Waals surface area contributed by atoms with Gasteiger partial charge in [0.15, 0.2) is 0 Å². The maximum atomic E-state index is 11.6. The Morgan fingerprint density at radius 3 is 2.60 bits per heavy atom. The standard InChI is InChI=1S/C13H24O2/c1-4-7-9-11-12(10-8-5-2)13(14)15-6-3/h5,12H,2,4,6-11H2,1,3H3. The summed E-state index contributed by atoms with van der Waals surface area (Å²) >= 11 is 0. The van der Waals surface area contributed by atoms with Crippen molar-refractivity contribution < 1.29 is 9.53 Å². The zero-order chi connectivity index (χ0) is 11.5. The maximum absolute atomic E-state index is 11.6. The van der Waals surface area contributed by atoms with Crippen LogP contribution in [-0.2, 0) is 9.53 Å². The van der Waals surface area contributed by atoms with Crippen molar-refractivity contribution in [3.63, 3.8) is 0 Å². The van der Waals surface area contributed by atoms with Crippen molar-refractivity contribution >= 4 is 5.97 Å². The van der Waals surface area contributed by atoms with Crippen LogP contribution in [-0.4, -0.2) is 12.6 Å². The molecule has 0 aromatic carbocycles. The van der Waals surface area contributed by atoms with Crippen LogP contribution in [0.2, 0.25) is 0 Å². The first kappa shape index (κ1) is 14.2. The van der Waals surface area contributed by atoms with Crippen LogP contribution in [0.15, 0.2) is 12.7 Å². The van der Waals surface area contributed by atoms with E-state index in [2.05, 4.69) is 13.5 Å². The van der Waals surface area contributed by atoms with E-state index in [1.54, 1.807) is 0 Å². The van der Waals surface area contributed by atoms with Gasteiger partial charge in [-0.05, 0) is 26.2 Å². The molecule has 0 radical (unpaired) electrons. The summed E-state index contributed by atoms with van der Waals surface area (Å²) in [6.07, 6.45) is 8.12. The molecule has 2 nitrogen and oxygen atoms in total. The fourth-order valence-electron chi connectivity index (χ4n) is 1.60. The van der Waals surface area contributed by atoms with E-state index >= 15 is 0 Å². The van der Waals surface area contributed by atoms with E-state index in [-0.39, 0.29) is 11.9 Å². The molecule has 0 amide bonds. The lowest BCUT2D eigenvalue weighted by Gasteiger charge is -2.14. The molecule has 0 aliphatic carbocycles. The SMILES string of the molecule is C=CCCC(CCCCC)C(=O)OCC. The highest BCUT2D eigenvalue weighted by Crippen LogP contribution is 2.17. The Balaban J connectivity index is 3.92. The predicted molar refractivity (Wildman–Crippen MR) is 63.7 cm³/mol. The van der Waals surface area contributed by atoms with Crippen LogP contribution >= 0.6 is 0 Å². The average Bonchev–Trinajstić information content (AvgIpc) is 2.23. The first-order valence-corrected chi connectivity index (χ1v) is 6.03. The summed E-state index contributed by atoms with van der Waals surface area (Å²) in [6.45, 7) is 8.19. The Kier molecular flexibility index (Phi) is 9.24. The molecule has 0 saturated carbocycles. The van der Waals surface area contributed by atoms with Crippen LogP contribution in [0, 0.1) is 5.92 Å². The predicted octanol–water partition coefficient (Wildman–Crippen LogP) is 3.71. The third-order valence-electron chi connectivity index (χ3n) is 2.50. The van der Waals surface area contributed by atoms with Gasteiger partial charge in [0.1, 0.15) is 0 Å². The zero-order valence-electron chi connectivity index (χ0n) is 10.1. The third kappa shape index (κ3) is 7.18. The van der Waals surface area contributed by atoms with Crippen molar-refractivity contribution in [2.75, 3.05) is 6.61 Å². The van der Waals surface area contributed by atoms with Gasteiger partial charge in [-0.1, -0.05) is 32.3 Å². The molecule has 0 aromatic rings. The fourth-order valence-corrected chi connectivity index (χ4v) is 1.60. The Hall–Kier alpha value is -0.790. The number of allylic oxidation sites excluding steroid dienone is 1.